The van der Waals surface area contributed by atoms with Crippen LogP contribution in [-0.2, 0) is 6.54 Å². The van der Waals surface area contributed by atoms with Crippen LogP contribution in [-0.4, -0.2) is 64.9 Å². The molecule has 0 radical (unpaired) electrons. The Balaban J connectivity index is 1.40. The molecule has 4 rings (SSSR count). The fraction of sp³-hybridized carbons (Fsp3) is 0.500. The van der Waals surface area contributed by atoms with Crippen molar-refractivity contribution >= 4 is 11.7 Å². The lowest BCUT2D eigenvalue weighted by Crippen LogP contribution is -2.46. The number of nitrogens with zero attached hydrogens (tertiary/aromatic N) is 5. The first-order valence-electron chi connectivity index (χ1n) is 10.4. The van der Waals surface area contributed by atoms with Crippen LogP contribution in [0.2, 0.25) is 0 Å². The zero-order valence-corrected chi connectivity index (χ0v) is 16.7. The predicted octanol–water partition coefficient (Wildman–Crippen LogP) is 2.73. The van der Waals surface area contributed by atoms with E-state index in [4.69, 9.17) is 0 Å². The van der Waals surface area contributed by atoms with E-state index in [1.54, 1.807) is 0 Å². The molecule has 2 saturated heterocycles. The third-order valence-corrected chi connectivity index (χ3v) is 5.63. The molecule has 148 valence electrons. The van der Waals surface area contributed by atoms with Gasteiger partial charge in [-0.05, 0) is 31.7 Å². The second-order valence-corrected chi connectivity index (χ2v) is 7.76. The number of carbonyl (C=O) groups excluding carboxylic acids is 1. The topological polar surface area (TPSA) is 52.6 Å². The molecule has 0 unspecified atom stereocenters. The maximum Gasteiger partial charge on any atom is 0.272 e. The molecule has 28 heavy (non-hydrogen) atoms. The maximum atomic E-state index is 12.9. The van der Waals surface area contributed by atoms with Crippen LogP contribution >= 0.6 is 0 Å². The number of amides is 1. The largest absolute Gasteiger partial charge is 0.354 e. The average molecular weight is 380 g/mol. The van der Waals surface area contributed by atoms with E-state index in [1.165, 1.54) is 12.0 Å². The Kier molecular flexibility index (Phi) is 5.86. The number of hydrogen-bond donors (Lipinski definition) is 0. The fourth-order valence-electron chi connectivity index (χ4n) is 4.06. The summed E-state index contributed by atoms with van der Waals surface area (Å²) in [5.41, 5.74) is 1.89. The third-order valence-electron chi connectivity index (χ3n) is 5.63. The van der Waals surface area contributed by atoms with Crippen molar-refractivity contribution in [2.45, 2.75) is 32.7 Å². The molecule has 3 heterocycles. The summed E-state index contributed by atoms with van der Waals surface area (Å²) in [5.74, 6) is 1.60. The van der Waals surface area contributed by atoms with Crippen molar-refractivity contribution in [2.75, 3.05) is 44.2 Å². The SMILES string of the molecule is Cc1nc(C(=O)N2CCCCC2)cc(N2CCN(Cc3ccccc3)CC2)n1. The summed E-state index contributed by atoms with van der Waals surface area (Å²) < 4.78 is 0. The Morgan fingerprint density at radius 3 is 2.36 bits per heavy atom. The summed E-state index contributed by atoms with van der Waals surface area (Å²) in [5, 5.41) is 0. The fourth-order valence-corrected chi connectivity index (χ4v) is 4.06. The molecule has 0 N–H and O–H groups in total. The number of piperazine rings is 1. The van der Waals surface area contributed by atoms with Crippen LogP contribution in [0.1, 0.15) is 41.1 Å². The van der Waals surface area contributed by atoms with Gasteiger partial charge in [-0.3, -0.25) is 9.69 Å². The molecular weight excluding hydrogens is 350 g/mol. The van der Waals surface area contributed by atoms with E-state index in [0.717, 1.165) is 64.5 Å². The van der Waals surface area contributed by atoms with Crippen molar-refractivity contribution in [1.82, 2.24) is 19.8 Å². The Morgan fingerprint density at radius 1 is 0.929 bits per heavy atom. The molecule has 0 aliphatic carbocycles. The molecule has 2 fully saturated rings. The number of aryl methyl sites for hydroxylation is 1. The second-order valence-electron chi connectivity index (χ2n) is 7.76. The first-order valence-corrected chi connectivity index (χ1v) is 10.4. The lowest BCUT2D eigenvalue weighted by atomic mass is 10.1. The van der Waals surface area contributed by atoms with Crippen LogP contribution in [0, 0.1) is 6.92 Å². The van der Waals surface area contributed by atoms with Gasteiger partial charge in [0.2, 0.25) is 0 Å². The van der Waals surface area contributed by atoms with E-state index in [9.17, 15) is 4.79 Å². The van der Waals surface area contributed by atoms with Gasteiger partial charge in [-0.25, -0.2) is 9.97 Å². The normalized spacial score (nSPS) is 18.3. The molecule has 1 aromatic carbocycles. The highest BCUT2D eigenvalue weighted by Crippen LogP contribution is 2.19. The standard InChI is InChI=1S/C22H29N5O/c1-18-23-20(22(28)27-10-6-3-7-11-27)16-21(24-18)26-14-12-25(13-15-26)17-19-8-4-2-5-9-19/h2,4-5,8-9,16H,3,6-7,10-15,17H2,1H3. The summed E-state index contributed by atoms with van der Waals surface area (Å²) in [6.07, 6.45) is 3.39. The molecule has 2 aliphatic heterocycles. The first-order chi connectivity index (χ1) is 13.7. The number of benzene rings is 1. The smallest absolute Gasteiger partial charge is 0.272 e. The Bertz CT molecular complexity index is 796. The summed E-state index contributed by atoms with van der Waals surface area (Å²) in [4.78, 5) is 28.6. The van der Waals surface area contributed by atoms with Crippen molar-refractivity contribution in [3.8, 4) is 0 Å². The minimum absolute atomic E-state index is 0.0502. The molecule has 2 aromatic rings. The van der Waals surface area contributed by atoms with Crippen molar-refractivity contribution in [3.63, 3.8) is 0 Å². The van der Waals surface area contributed by atoms with Gasteiger partial charge in [0, 0.05) is 51.9 Å². The minimum Gasteiger partial charge on any atom is -0.354 e. The summed E-state index contributed by atoms with van der Waals surface area (Å²) >= 11 is 0. The Morgan fingerprint density at radius 2 is 1.64 bits per heavy atom. The minimum atomic E-state index is 0.0502. The van der Waals surface area contributed by atoms with Crippen LogP contribution < -0.4 is 4.90 Å². The van der Waals surface area contributed by atoms with Gasteiger partial charge in [0.1, 0.15) is 17.3 Å². The summed E-state index contributed by atoms with van der Waals surface area (Å²) in [6.45, 7) is 8.37. The van der Waals surface area contributed by atoms with Crippen molar-refractivity contribution in [3.05, 3.63) is 53.5 Å². The van der Waals surface area contributed by atoms with Crippen LogP contribution in [0.5, 0.6) is 0 Å². The lowest BCUT2D eigenvalue weighted by molar-refractivity contribution is 0.0718. The molecule has 1 amide bonds. The highest BCUT2D eigenvalue weighted by molar-refractivity contribution is 5.93. The van der Waals surface area contributed by atoms with Gasteiger partial charge in [-0.1, -0.05) is 30.3 Å². The monoisotopic (exact) mass is 379 g/mol. The lowest BCUT2D eigenvalue weighted by Gasteiger charge is -2.35. The maximum absolute atomic E-state index is 12.9. The quantitative estimate of drug-likeness (QED) is 0.818. The van der Waals surface area contributed by atoms with Gasteiger partial charge >= 0.3 is 0 Å². The number of piperidine rings is 1. The van der Waals surface area contributed by atoms with Gasteiger partial charge in [-0.2, -0.15) is 0 Å². The van der Waals surface area contributed by atoms with Gasteiger partial charge in [0.25, 0.3) is 5.91 Å². The number of hydrogen-bond acceptors (Lipinski definition) is 5. The molecule has 6 heteroatoms. The zero-order chi connectivity index (χ0) is 19.3. The van der Waals surface area contributed by atoms with Crippen molar-refractivity contribution in [2.24, 2.45) is 0 Å². The molecule has 6 nitrogen and oxygen atoms in total. The van der Waals surface area contributed by atoms with Crippen LogP contribution in [0.4, 0.5) is 5.82 Å². The molecular formula is C22H29N5O. The third kappa shape index (κ3) is 4.50. The highest BCUT2D eigenvalue weighted by Gasteiger charge is 2.23. The van der Waals surface area contributed by atoms with E-state index >= 15 is 0 Å². The number of likely N-dealkylation sites (tertiary alicyclic amines) is 1. The predicted molar refractivity (Wildman–Crippen MR) is 110 cm³/mol. The number of rotatable bonds is 4. The van der Waals surface area contributed by atoms with E-state index in [0.29, 0.717) is 11.5 Å². The molecule has 0 bridgehead atoms. The average Bonchev–Trinajstić information content (AvgIpc) is 2.75. The van der Waals surface area contributed by atoms with Crippen molar-refractivity contribution < 1.29 is 4.79 Å². The zero-order valence-electron chi connectivity index (χ0n) is 16.7. The number of aromatic nitrogens is 2. The molecule has 1 aromatic heterocycles. The Hall–Kier alpha value is -2.47. The first kappa shape index (κ1) is 18.9. The second kappa shape index (κ2) is 8.69. The molecule has 0 saturated carbocycles. The van der Waals surface area contributed by atoms with E-state index in [1.807, 2.05) is 17.9 Å². The number of carbonyl (C=O) groups is 1. The van der Waals surface area contributed by atoms with Gasteiger partial charge in [0.05, 0.1) is 0 Å². The Labute approximate surface area is 167 Å². The van der Waals surface area contributed by atoms with Crippen LogP contribution in [0.25, 0.3) is 0 Å². The van der Waals surface area contributed by atoms with Gasteiger partial charge < -0.3 is 9.80 Å². The van der Waals surface area contributed by atoms with Gasteiger partial charge in [0.15, 0.2) is 0 Å². The summed E-state index contributed by atoms with van der Waals surface area (Å²) in [6, 6.07) is 12.5. The summed E-state index contributed by atoms with van der Waals surface area (Å²) in [7, 11) is 0. The van der Waals surface area contributed by atoms with Crippen LogP contribution in [0.3, 0.4) is 0 Å². The van der Waals surface area contributed by atoms with E-state index in [-0.39, 0.29) is 5.91 Å². The molecule has 0 atom stereocenters. The van der Waals surface area contributed by atoms with E-state index < -0.39 is 0 Å². The van der Waals surface area contributed by atoms with Gasteiger partial charge in [-0.15, -0.1) is 0 Å². The highest BCUT2D eigenvalue weighted by atomic mass is 16.2. The van der Waals surface area contributed by atoms with Crippen molar-refractivity contribution in [1.29, 1.82) is 0 Å². The van der Waals surface area contributed by atoms with Crippen LogP contribution in [0.15, 0.2) is 36.4 Å². The molecule has 2 aliphatic rings. The van der Waals surface area contributed by atoms with E-state index in [2.05, 4.69) is 50.1 Å². The molecule has 0 spiro atoms. The number of anilines is 1.